The molecule has 3 heteroatoms. The Labute approximate surface area is 152 Å². The van der Waals surface area contributed by atoms with E-state index in [-0.39, 0.29) is 16.8 Å². The predicted molar refractivity (Wildman–Crippen MR) is 106 cm³/mol. The second-order valence-corrected chi connectivity index (χ2v) is 7.96. The summed E-state index contributed by atoms with van der Waals surface area (Å²) in [5.41, 5.74) is 1.52. The zero-order valence-electron chi connectivity index (χ0n) is 15.6. The fourth-order valence-electron chi connectivity index (χ4n) is 2.82. The summed E-state index contributed by atoms with van der Waals surface area (Å²) in [5.74, 6) is 1.26. The summed E-state index contributed by atoms with van der Waals surface area (Å²) in [7, 11) is 0. The fourth-order valence-corrected chi connectivity index (χ4v) is 4.09. The lowest BCUT2D eigenvalue weighted by Crippen LogP contribution is -2.18. The topological polar surface area (TPSA) is 37.3 Å². The Bertz CT molecular complexity index is 485. The minimum atomic E-state index is -0.0174. The molecule has 0 bridgehead atoms. The third-order valence-corrected chi connectivity index (χ3v) is 5.72. The maximum atomic E-state index is 12.9. The first-order valence-corrected chi connectivity index (χ1v) is 10.6. The van der Waals surface area contributed by atoms with Gasteiger partial charge >= 0.3 is 0 Å². The van der Waals surface area contributed by atoms with Gasteiger partial charge in [0.25, 0.3) is 0 Å². The third kappa shape index (κ3) is 7.74. The minimum absolute atomic E-state index is 0.0174. The Balaban J connectivity index is 2.67. The van der Waals surface area contributed by atoms with Crippen LogP contribution in [0.3, 0.4) is 0 Å². The van der Waals surface area contributed by atoms with Crippen molar-refractivity contribution >= 4 is 17.5 Å². The average molecular weight is 351 g/mol. The van der Waals surface area contributed by atoms with Crippen molar-refractivity contribution in [2.45, 2.75) is 83.8 Å². The molecule has 0 heterocycles. The van der Waals surface area contributed by atoms with Gasteiger partial charge in [0, 0.05) is 0 Å². The maximum Gasteiger partial charge on any atom is 0.179 e. The van der Waals surface area contributed by atoms with Gasteiger partial charge in [-0.15, -0.1) is 0 Å². The van der Waals surface area contributed by atoms with Gasteiger partial charge in [0.1, 0.15) is 5.75 Å². The molecule has 1 N–H and O–H groups in total. The van der Waals surface area contributed by atoms with Gasteiger partial charge in [-0.05, 0) is 37.7 Å². The third-order valence-electron chi connectivity index (χ3n) is 4.35. The van der Waals surface area contributed by atoms with Crippen molar-refractivity contribution in [3.05, 3.63) is 29.3 Å². The molecule has 136 valence electrons. The lowest BCUT2D eigenvalue weighted by Gasteiger charge is -2.17. The number of carbonyl (C=O) groups excluding carboxylic acids is 1. The largest absolute Gasteiger partial charge is 0.507 e. The van der Waals surface area contributed by atoms with E-state index in [1.165, 1.54) is 44.9 Å². The number of Topliss-reactive ketones (excluding diaryl/α,β-unsaturated/α-hetero) is 1. The van der Waals surface area contributed by atoms with Crippen molar-refractivity contribution < 1.29 is 9.90 Å². The van der Waals surface area contributed by atoms with Crippen LogP contribution in [0, 0.1) is 6.92 Å². The monoisotopic (exact) mass is 350 g/mol. The van der Waals surface area contributed by atoms with E-state index in [0.29, 0.717) is 5.56 Å². The van der Waals surface area contributed by atoms with Gasteiger partial charge in [-0.25, -0.2) is 0 Å². The fraction of sp³-hybridized carbons (Fsp3) is 0.667. The highest BCUT2D eigenvalue weighted by Gasteiger charge is 2.22. The Hall–Kier alpha value is -0.960. The van der Waals surface area contributed by atoms with Gasteiger partial charge < -0.3 is 5.11 Å². The van der Waals surface area contributed by atoms with E-state index in [2.05, 4.69) is 13.8 Å². The molecule has 24 heavy (non-hydrogen) atoms. The maximum absolute atomic E-state index is 12.9. The molecule has 1 atom stereocenters. The van der Waals surface area contributed by atoms with Crippen LogP contribution in [0.5, 0.6) is 5.75 Å². The smallest absolute Gasteiger partial charge is 0.179 e. The number of ketones is 1. The molecule has 1 rings (SSSR count). The molecule has 0 spiro atoms. The number of aryl methyl sites for hydroxylation is 1. The Kier molecular flexibility index (Phi) is 10.9. The van der Waals surface area contributed by atoms with Crippen molar-refractivity contribution in [3.63, 3.8) is 0 Å². The molecule has 0 saturated heterocycles. The highest BCUT2D eigenvalue weighted by Crippen LogP contribution is 2.28. The highest BCUT2D eigenvalue weighted by atomic mass is 32.2. The van der Waals surface area contributed by atoms with Gasteiger partial charge in [0.2, 0.25) is 0 Å². The Morgan fingerprint density at radius 1 is 1.04 bits per heavy atom. The first-order chi connectivity index (χ1) is 11.6. The number of benzene rings is 1. The van der Waals surface area contributed by atoms with E-state index < -0.39 is 0 Å². The summed E-state index contributed by atoms with van der Waals surface area (Å²) in [4.78, 5) is 12.9. The van der Waals surface area contributed by atoms with Crippen molar-refractivity contribution in [1.82, 2.24) is 0 Å². The number of phenols is 1. The van der Waals surface area contributed by atoms with Crippen molar-refractivity contribution in [1.29, 1.82) is 0 Å². The summed E-state index contributed by atoms with van der Waals surface area (Å²) in [6, 6.07) is 5.32. The Morgan fingerprint density at radius 3 is 2.38 bits per heavy atom. The second-order valence-electron chi connectivity index (χ2n) is 6.65. The number of rotatable bonds is 13. The molecule has 1 aromatic rings. The lowest BCUT2D eigenvalue weighted by atomic mass is 10.0. The summed E-state index contributed by atoms with van der Waals surface area (Å²) >= 11 is 1.79. The van der Waals surface area contributed by atoms with Gasteiger partial charge in [-0.3, -0.25) is 4.79 Å². The van der Waals surface area contributed by atoms with Crippen molar-refractivity contribution in [3.8, 4) is 5.75 Å². The molecule has 1 unspecified atom stereocenters. The van der Waals surface area contributed by atoms with Crippen LogP contribution in [0.4, 0.5) is 0 Å². The van der Waals surface area contributed by atoms with E-state index in [4.69, 9.17) is 0 Å². The summed E-state index contributed by atoms with van der Waals surface area (Å²) in [6.45, 7) is 6.38. The Morgan fingerprint density at radius 2 is 1.71 bits per heavy atom. The molecule has 0 aromatic heterocycles. The van der Waals surface area contributed by atoms with E-state index in [1.54, 1.807) is 17.8 Å². The highest BCUT2D eigenvalue weighted by molar-refractivity contribution is 8.00. The van der Waals surface area contributed by atoms with Crippen LogP contribution in [-0.4, -0.2) is 21.9 Å². The van der Waals surface area contributed by atoms with Gasteiger partial charge in [0.15, 0.2) is 5.78 Å². The molecule has 0 aliphatic rings. The molecule has 0 saturated carbocycles. The van der Waals surface area contributed by atoms with Crippen LogP contribution in [0.15, 0.2) is 18.2 Å². The van der Waals surface area contributed by atoms with Crippen LogP contribution >= 0.6 is 11.8 Å². The van der Waals surface area contributed by atoms with Crippen LogP contribution in [-0.2, 0) is 0 Å². The van der Waals surface area contributed by atoms with Gasteiger partial charge in [0.05, 0.1) is 10.8 Å². The van der Waals surface area contributed by atoms with E-state index >= 15 is 0 Å². The standard InChI is InChI=1S/C21H34O2S/c1-4-6-8-10-12-20(24-15-11-9-7-5-2)21(23)18-16-17(3)13-14-19(18)22/h13-14,16,20,22H,4-12,15H2,1-3H3. The molecule has 0 aliphatic carbocycles. The summed E-state index contributed by atoms with van der Waals surface area (Å²) < 4.78 is 0. The molecule has 0 amide bonds. The number of hydrogen-bond acceptors (Lipinski definition) is 3. The quantitative estimate of drug-likeness (QED) is 0.324. The van der Waals surface area contributed by atoms with Gasteiger partial charge in [-0.1, -0.05) is 70.4 Å². The number of aromatic hydroxyl groups is 1. The van der Waals surface area contributed by atoms with Crippen molar-refractivity contribution in [2.75, 3.05) is 5.75 Å². The average Bonchev–Trinajstić information content (AvgIpc) is 2.58. The molecule has 2 nitrogen and oxygen atoms in total. The van der Waals surface area contributed by atoms with E-state index in [1.807, 2.05) is 19.1 Å². The molecular weight excluding hydrogens is 316 g/mol. The summed E-state index contributed by atoms with van der Waals surface area (Å²) in [5, 5.41) is 10.1. The second kappa shape index (κ2) is 12.4. The number of hydrogen-bond donors (Lipinski definition) is 1. The summed E-state index contributed by atoms with van der Waals surface area (Å²) in [6.07, 6.45) is 10.6. The normalized spacial score (nSPS) is 12.3. The SMILES string of the molecule is CCCCCCSC(CCCCCC)C(=O)c1cc(C)ccc1O. The molecule has 0 radical (unpaired) electrons. The zero-order chi connectivity index (χ0) is 17.8. The lowest BCUT2D eigenvalue weighted by molar-refractivity contribution is 0.0983. The van der Waals surface area contributed by atoms with E-state index in [0.717, 1.165) is 24.2 Å². The number of thioether (sulfide) groups is 1. The van der Waals surface area contributed by atoms with Crippen LogP contribution in [0.1, 0.15) is 87.6 Å². The van der Waals surface area contributed by atoms with Crippen LogP contribution in [0.25, 0.3) is 0 Å². The minimum Gasteiger partial charge on any atom is -0.507 e. The van der Waals surface area contributed by atoms with Crippen LogP contribution < -0.4 is 0 Å². The van der Waals surface area contributed by atoms with Gasteiger partial charge in [-0.2, -0.15) is 11.8 Å². The predicted octanol–water partition coefficient (Wildman–Crippen LogP) is 6.54. The number of carbonyl (C=O) groups is 1. The molecular formula is C21H34O2S. The van der Waals surface area contributed by atoms with Crippen molar-refractivity contribution in [2.24, 2.45) is 0 Å². The van der Waals surface area contributed by atoms with Crippen LogP contribution in [0.2, 0.25) is 0 Å². The number of phenolic OH excluding ortho intramolecular Hbond substituents is 1. The molecule has 0 fully saturated rings. The first-order valence-electron chi connectivity index (χ1n) is 9.55. The zero-order valence-corrected chi connectivity index (χ0v) is 16.5. The molecule has 1 aromatic carbocycles. The van der Waals surface area contributed by atoms with E-state index in [9.17, 15) is 9.90 Å². The number of unbranched alkanes of at least 4 members (excludes halogenated alkanes) is 6. The molecule has 0 aliphatic heterocycles. The first kappa shape index (κ1) is 21.1.